The van der Waals surface area contributed by atoms with Crippen molar-refractivity contribution in [3.05, 3.63) is 40.4 Å². The zero-order valence-corrected chi connectivity index (χ0v) is 14.3. The van der Waals surface area contributed by atoms with Gasteiger partial charge in [-0.1, -0.05) is 11.3 Å². The van der Waals surface area contributed by atoms with E-state index < -0.39 is 5.97 Å². The maximum absolute atomic E-state index is 11.5. The molecule has 1 aromatic carbocycles. The van der Waals surface area contributed by atoms with Gasteiger partial charge in [-0.05, 0) is 50.6 Å². The number of carbonyl (C=O) groups is 1. The van der Waals surface area contributed by atoms with E-state index in [1.807, 2.05) is 38.1 Å². The highest BCUT2D eigenvalue weighted by Gasteiger charge is 2.15. The van der Waals surface area contributed by atoms with Crippen LogP contribution in [0.5, 0.6) is 5.75 Å². The second kappa shape index (κ2) is 7.73. The molecule has 0 saturated carbocycles. The van der Waals surface area contributed by atoms with Crippen molar-refractivity contribution in [2.45, 2.75) is 26.9 Å². The summed E-state index contributed by atoms with van der Waals surface area (Å²) in [5.74, 6) is 0.432. The molecule has 0 aliphatic rings. The van der Waals surface area contributed by atoms with Gasteiger partial charge in [-0.2, -0.15) is 5.10 Å². The molecule has 1 heterocycles. The van der Waals surface area contributed by atoms with Crippen LogP contribution >= 0.6 is 11.3 Å². The van der Waals surface area contributed by atoms with Crippen LogP contribution in [0.3, 0.4) is 0 Å². The summed E-state index contributed by atoms with van der Waals surface area (Å²) in [6, 6.07) is 7.61. The zero-order chi connectivity index (χ0) is 16.8. The lowest BCUT2D eigenvalue weighted by molar-refractivity contribution is 0.0605. The number of ether oxygens (including phenoxy) is 2. The topological polar surface area (TPSA) is 72.8 Å². The quantitative estimate of drug-likeness (QED) is 0.498. The molecule has 0 saturated heterocycles. The lowest BCUT2D eigenvalue weighted by Crippen LogP contribution is -2.05. The van der Waals surface area contributed by atoms with Crippen LogP contribution in [0.1, 0.15) is 34.8 Å². The predicted molar refractivity (Wildman–Crippen MR) is 91.6 cm³/mol. The maximum Gasteiger partial charge on any atom is 0.350 e. The third-order valence-corrected chi connectivity index (χ3v) is 3.84. The van der Waals surface area contributed by atoms with Gasteiger partial charge in [0.15, 0.2) is 0 Å². The van der Waals surface area contributed by atoms with Gasteiger partial charge < -0.3 is 9.47 Å². The number of benzene rings is 1. The van der Waals surface area contributed by atoms with Gasteiger partial charge in [0, 0.05) is 0 Å². The third kappa shape index (κ3) is 4.79. The van der Waals surface area contributed by atoms with Crippen LogP contribution in [0.25, 0.3) is 0 Å². The van der Waals surface area contributed by atoms with Crippen molar-refractivity contribution in [3.63, 3.8) is 0 Å². The number of nitrogens with one attached hydrogen (secondary N) is 1. The highest BCUT2D eigenvalue weighted by molar-refractivity contribution is 7.17. The summed E-state index contributed by atoms with van der Waals surface area (Å²) < 4.78 is 10.3. The number of hydrogen-bond acceptors (Lipinski definition) is 7. The Kier molecular flexibility index (Phi) is 5.70. The average molecular weight is 333 g/mol. The average Bonchev–Trinajstić information content (AvgIpc) is 2.88. The van der Waals surface area contributed by atoms with Crippen LogP contribution in [0.15, 0.2) is 29.4 Å². The fourth-order valence-corrected chi connectivity index (χ4v) is 2.63. The fraction of sp³-hybridized carbons (Fsp3) is 0.312. The van der Waals surface area contributed by atoms with Crippen LogP contribution in [0, 0.1) is 6.92 Å². The molecule has 0 atom stereocenters. The van der Waals surface area contributed by atoms with Gasteiger partial charge in [-0.15, -0.1) is 0 Å². The molecule has 2 rings (SSSR count). The van der Waals surface area contributed by atoms with E-state index in [0.717, 1.165) is 11.3 Å². The van der Waals surface area contributed by atoms with Crippen molar-refractivity contribution >= 4 is 28.7 Å². The second-order valence-electron chi connectivity index (χ2n) is 5.03. The molecule has 23 heavy (non-hydrogen) atoms. The second-order valence-corrected chi connectivity index (χ2v) is 6.03. The Labute approximate surface area is 139 Å². The van der Waals surface area contributed by atoms with Crippen LogP contribution in [0.4, 0.5) is 5.13 Å². The first-order chi connectivity index (χ1) is 11.0. The van der Waals surface area contributed by atoms with Crippen molar-refractivity contribution in [3.8, 4) is 5.75 Å². The van der Waals surface area contributed by atoms with E-state index in [1.165, 1.54) is 18.4 Å². The molecule has 0 fully saturated rings. The molecule has 0 amide bonds. The molecule has 122 valence electrons. The number of aromatic nitrogens is 1. The number of carbonyl (C=O) groups excluding carboxylic acids is 1. The van der Waals surface area contributed by atoms with Crippen molar-refractivity contribution in [1.82, 2.24) is 4.98 Å². The normalized spacial score (nSPS) is 11.0. The number of methoxy groups -OCH3 is 1. The third-order valence-electron chi connectivity index (χ3n) is 2.79. The lowest BCUT2D eigenvalue weighted by atomic mass is 10.2. The summed E-state index contributed by atoms with van der Waals surface area (Å²) >= 11 is 1.21. The van der Waals surface area contributed by atoms with Crippen LogP contribution < -0.4 is 10.2 Å². The Balaban J connectivity index is 1.97. The number of thiazole rings is 1. The van der Waals surface area contributed by atoms with E-state index in [4.69, 9.17) is 9.47 Å². The number of anilines is 1. The number of esters is 1. The minimum absolute atomic E-state index is 0.147. The molecule has 0 unspecified atom stereocenters. The Bertz CT molecular complexity index is 693. The van der Waals surface area contributed by atoms with Crippen LogP contribution in [-0.4, -0.2) is 30.4 Å². The van der Waals surface area contributed by atoms with Gasteiger partial charge in [-0.25, -0.2) is 9.78 Å². The Morgan fingerprint density at radius 1 is 1.35 bits per heavy atom. The molecule has 0 aliphatic carbocycles. The van der Waals surface area contributed by atoms with E-state index in [1.54, 1.807) is 13.1 Å². The molecule has 0 bridgehead atoms. The number of rotatable bonds is 6. The molecule has 1 aromatic heterocycles. The number of hydrazone groups is 1. The largest absolute Gasteiger partial charge is 0.491 e. The molecular weight excluding hydrogens is 314 g/mol. The van der Waals surface area contributed by atoms with Crippen molar-refractivity contribution in [1.29, 1.82) is 0 Å². The van der Waals surface area contributed by atoms with Gasteiger partial charge in [0.25, 0.3) is 0 Å². The lowest BCUT2D eigenvalue weighted by Gasteiger charge is -2.08. The molecule has 0 radical (unpaired) electrons. The van der Waals surface area contributed by atoms with E-state index in [0.29, 0.717) is 15.7 Å². The molecular formula is C16H19N3O3S. The van der Waals surface area contributed by atoms with E-state index in [2.05, 4.69) is 15.5 Å². The van der Waals surface area contributed by atoms with Crippen molar-refractivity contribution < 1.29 is 14.3 Å². The highest BCUT2D eigenvalue weighted by atomic mass is 32.1. The van der Waals surface area contributed by atoms with Gasteiger partial charge in [0.2, 0.25) is 5.13 Å². The van der Waals surface area contributed by atoms with E-state index in [-0.39, 0.29) is 6.10 Å². The monoisotopic (exact) mass is 333 g/mol. The first-order valence-electron chi connectivity index (χ1n) is 7.11. The first-order valence-corrected chi connectivity index (χ1v) is 7.92. The zero-order valence-electron chi connectivity index (χ0n) is 13.5. The van der Waals surface area contributed by atoms with Crippen LogP contribution in [0.2, 0.25) is 0 Å². The molecule has 0 aliphatic heterocycles. The van der Waals surface area contributed by atoms with Crippen molar-refractivity contribution in [2.75, 3.05) is 12.5 Å². The Morgan fingerprint density at radius 2 is 2.04 bits per heavy atom. The summed E-state index contributed by atoms with van der Waals surface area (Å²) in [6.45, 7) is 5.72. The summed E-state index contributed by atoms with van der Waals surface area (Å²) in [7, 11) is 1.35. The number of aryl methyl sites for hydroxylation is 1. The summed E-state index contributed by atoms with van der Waals surface area (Å²) in [5, 5.41) is 4.66. The number of hydrogen-bond donors (Lipinski definition) is 1. The molecule has 2 aromatic rings. The maximum atomic E-state index is 11.5. The van der Waals surface area contributed by atoms with E-state index in [9.17, 15) is 4.79 Å². The van der Waals surface area contributed by atoms with E-state index >= 15 is 0 Å². The van der Waals surface area contributed by atoms with Crippen LogP contribution in [-0.2, 0) is 4.74 Å². The number of nitrogens with zero attached hydrogens (tertiary/aromatic N) is 2. The van der Waals surface area contributed by atoms with Gasteiger partial charge in [0.1, 0.15) is 10.6 Å². The molecule has 7 heteroatoms. The van der Waals surface area contributed by atoms with Gasteiger partial charge >= 0.3 is 5.97 Å². The highest BCUT2D eigenvalue weighted by Crippen LogP contribution is 2.23. The minimum Gasteiger partial charge on any atom is -0.491 e. The Hall–Kier alpha value is -2.41. The van der Waals surface area contributed by atoms with Gasteiger partial charge in [-0.3, -0.25) is 5.43 Å². The summed E-state index contributed by atoms with van der Waals surface area (Å²) in [4.78, 5) is 16.2. The Morgan fingerprint density at radius 3 is 2.65 bits per heavy atom. The fourth-order valence-electron chi connectivity index (χ4n) is 1.79. The summed E-state index contributed by atoms with van der Waals surface area (Å²) in [5.41, 5.74) is 4.36. The van der Waals surface area contributed by atoms with Crippen molar-refractivity contribution in [2.24, 2.45) is 5.10 Å². The minimum atomic E-state index is -0.391. The molecule has 6 nitrogen and oxygen atoms in total. The first kappa shape index (κ1) is 17.0. The molecule has 0 spiro atoms. The molecule has 1 N–H and O–H groups in total. The standard InChI is InChI=1S/C16H19N3O3S/c1-10(2)22-13-7-5-12(6-8-13)9-17-19-16-18-11(3)14(23-16)15(20)21-4/h5-10H,1-4H3,(H,18,19)/b17-9+. The SMILES string of the molecule is COC(=O)c1sc(N/N=C/c2ccc(OC(C)C)cc2)nc1C. The summed E-state index contributed by atoms with van der Waals surface area (Å²) in [6.07, 6.45) is 1.82. The smallest absolute Gasteiger partial charge is 0.350 e. The predicted octanol–water partition coefficient (Wildman–Crippen LogP) is 3.47. The van der Waals surface area contributed by atoms with Gasteiger partial charge in [0.05, 0.1) is 25.1 Å².